The van der Waals surface area contributed by atoms with E-state index in [1.165, 1.54) is 0 Å². The SMILES string of the molecule is Cc1cc(C(=O)O[C@@H](C)C(=O)NC2CC2)c(C)o1. The van der Waals surface area contributed by atoms with Crippen molar-refractivity contribution in [1.29, 1.82) is 0 Å². The van der Waals surface area contributed by atoms with E-state index in [-0.39, 0.29) is 11.9 Å². The van der Waals surface area contributed by atoms with Gasteiger partial charge in [0.2, 0.25) is 0 Å². The summed E-state index contributed by atoms with van der Waals surface area (Å²) in [5.41, 5.74) is 0.374. The molecule has 5 heteroatoms. The van der Waals surface area contributed by atoms with E-state index in [9.17, 15) is 9.59 Å². The second-order valence-corrected chi connectivity index (χ2v) is 4.66. The molecule has 2 rings (SSSR count). The van der Waals surface area contributed by atoms with Crippen molar-refractivity contribution in [3.05, 3.63) is 23.2 Å². The van der Waals surface area contributed by atoms with Crippen molar-refractivity contribution in [2.45, 2.75) is 45.8 Å². The number of hydrogen-bond donors (Lipinski definition) is 1. The molecule has 1 aromatic heterocycles. The molecule has 0 aromatic carbocycles. The summed E-state index contributed by atoms with van der Waals surface area (Å²) in [4.78, 5) is 23.5. The number of carbonyl (C=O) groups excluding carboxylic acids is 2. The van der Waals surface area contributed by atoms with Crippen molar-refractivity contribution < 1.29 is 18.7 Å². The molecular formula is C13H17NO4. The smallest absolute Gasteiger partial charge is 0.342 e. The van der Waals surface area contributed by atoms with Crippen LogP contribution in [0.25, 0.3) is 0 Å². The standard InChI is InChI=1S/C13H17NO4/c1-7-6-11(8(2)17-7)13(16)18-9(3)12(15)14-10-4-5-10/h6,9-10H,4-5H2,1-3H3,(H,14,15)/t9-/m0/s1. The van der Waals surface area contributed by atoms with Gasteiger partial charge in [-0.1, -0.05) is 0 Å². The summed E-state index contributed by atoms with van der Waals surface area (Å²) in [6.07, 6.45) is 1.23. The number of ether oxygens (including phenoxy) is 1. The molecule has 1 aromatic rings. The molecule has 5 nitrogen and oxygen atoms in total. The average Bonchev–Trinajstić information content (AvgIpc) is 3.02. The van der Waals surface area contributed by atoms with Crippen LogP contribution in [0, 0.1) is 13.8 Å². The van der Waals surface area contributed by atoms with Gasteiger partial charge < -0.3 is 14.5 Å². The zero-order valence-corrected chi connectivity index (χ0v) is 10.8. The van der Waals surface area contributed by atoms with Crippen molar-refractivity contribution in [3.8, 4) is 0 Å². The predicted octanol–water partition coefficient (Wildman–Crippen LogP) is 1.72. The van der Waals surface area contributed by atoms with Crippen LogP contribution in [0.5, 0.6) is 0 Å². The first-order chi connectivity index (χ1) is 8.47. The van der Waals surface area contributed by atoms with Gasteiger partial charge in [-0.05, 0) is 39.7 Å². The molecule has 1 N–H and O–H groups in total. The van der Waals surface area contributed by atoms with Crippen LogP contribution < -0.4 is 5.32 Å². The zero-order chi connectivity index (χ0) is 13.3. The topological polar surface area (TPSA) is 68.5 Å². The quantitative estimate of drug-likeness (QED) is 0.827. The molecular weight excluding hydrogens is 234 g/mol. The Bertz CT molecular complexity index is 473. The molecule has 0 aliphatic heterocycles. The maximum Gasteiger partial charge on any atom is 0.342 e. The van der Waals surface area contributed by atoms with E-state index in [4.69, 9.17) is 9.15 Å². The van der Waals surface area contributed by atoms with Gasteiger partial charge in [0.1, 0.15) is 17.1 Å². The Morgan fingerprint density at radius 2 is 2.11 bits per heavy atom. The van der Waals surface area contributed by atoms with E-state index in [0.717, 1.165) is 12.8 Å². The van der Waals surface area contributed by atoms with Crippen LogP contribution in [0.2, 0.25) is 0 Å². The molecule has 0 bridgehead atoms. The Balaban J connectivity index is 1.93. The van der Waals surface area contributed by atoms with E-state index >= 15 is 0 Å². The number of rotatable bonds is 4. The van der Waals surface area contributed by atoms with E-state index in [1.54, 1.807) is 26.8 Å². The summed E-state index contributed by atoms with van der Waals surface area (Å²) < 4.78 is 10.4. The lowest BCUT2D eigenvalue weighted by atomic mass is 10.2. The van der Waals surface area contributed by atoms with Gasteiger partial charge in [0.05, 0.1) is 0 Å². The van der Waals surface area contributed by atoms with Gasteiger partial charge in [0, 0.05) is 6.04 Å². The Morgan fingerprint density at radius 3 is 2.61 bits per heavy atom. The van der Waals surface area contributed by atoms with Crippen molar-refractivity contribution >= 4 is 11.9 Å². The summed E-state index contributed by atoms with van der Waals surface area (Å²) in [7, 11) is 0. The molecule has 1 saturated carbocycles. The van der Waals surface area contributed by atoms with Gasteiger partial charge in [-0.25, -0.2) is 4.79 Å². The first-order valence-corrected chi connectivity index (χ1v) is 6.05. The van der Waals surface area contributed by atoms with E-state index in [2.05, 4.69) is 5.32 Å². The number of hydrogen-bond acceptors (Lipinski definition) is 4. The maximum atomic E-state index is 11.8. The highest BCUT2D eigenvalue weighted by Gasteiger charge is 2.28. The molecule has 18 heavy (non-hydrogen) atoms. The lowest BCUT2D eigenvalue weighted by Gasteiger charge is -2.12. The Labute approximate surface area is 105 Å². The van der Waals surface area contributed by atoms with Gasteiger partial charge >= 0.3 is 5.97 Å². The fourth-order valence-electron chi connectivity index (χ4n) is 1.66. The molecule has 1 atom stereocenters. The summed E-state index contributed by atoms with van der Waals surface area (Å²) in [5, 5.41) is 2.79. The third kappa shape index (κ3) is 2.91. The molecule has 1 aliphatic rings. The Kier molecular flexibility index (Phi) is 3.41. The van der Waals surface area contributed by atoms with Crippen molar-refractivity contribution in [2.75, 3.05) is 0 Å². The van der Waals surface area contributed by atoms with Crippen LogP contribution in [0.15, 0.2) is 10.5 Å². The van der Waals surface area contributed by atoms with Crippen LogP contribution >= 0.6 is 0 Å². The Hall–Kier alpha value is -1.78. The van der Waals surface area contributed by atoms with Gasteiger partial charge in [-0.2, -0.15) is 0 Å². The second kappa shape index (κ2) is 4.84. The first kappa shape index (κ1) is 12.7. The van der Waals surface area contributed by atoms with Gasteiger partial charge in [-0.15, -0.1) is 0 Å². The number of carbonyl (C=O) groups is 2. The third-order valence-electron chi connectivity index (χ3n) is 2.84. The van der Waals surface area contributed by atoms with Crippen molar-refractivity contribution in [3.63, 3.8) is 0 Å². The predicted molar refractivity (Wildman–Crippen MR) is 64.2 cm³/mol. The number of furan rings is 1. The van der Waals surface area contributed by atoms with Gasteiger partial charge in [0.15, 0.2) is 6.10 Å². The summed E-state index contributed by atoms with van der Waals surface area (Å²) in [6, 6.07) is 1.87. The second-order valence-electron chi connectivity index (χ2n) is 4.66. The number of aryl methyl sites for hydroxylation is 2. The van der Waals surface area contributed by atoms with Crippen molar-refractivity contribution in [1.82, 2.24) is 5.32 Å². The van der Waals surface area contributed by atoms with E-state index in [1.807, 2.05) is 0 Å². The molecule has 98 valence electrons. The molecule has 0 saturated heterocycles. The highest BCUT2D eigenvalue weighted by molar-refractivity contribution is 5.93. The molecule has 1 heterocycles. The highest BCUT2D eigenvalue weighted by Crippen LogP contribution is 2.19. The lowest BCUT2D eigenvalue weighted by molar-refractivity contribution is -0.129. The molecule has 0 unspecified atom stereocenters. The minimum Gasteiger partial charge on any atom is -0.466 e. The summed E-state index contributed by atoms with van der Waals surface area (Å²) in [5.74, 6) is 0.383. The molecule has 1 aliphatic carbocycles. The first-order valence-electron chi connectivity index (χ1n) is 6.05. The molecule has 0 spiro atoms. The minimum absolute atomic E-state index is 0.247. The summed E-state index contributed by atoms with van der Waals surface area (Å²) >= 11 is 0. The van der Waals surface area contributed by atoms with Crippen LogP contribution in [0.3, 0.4) is 0 Å². The third-order valence-corrected chi connectivity index (χ3v) is 2.84. The van der Waals surface area contributed by atoms with Crippen molar-refractivity contribution in [2.24, 2.45) is 0 Å². The van der Waals surface area contributed by atoms with Crippen LogP contribution in [-0.4, -0.2) is 24.0 Å². The fraction of sp³-hybridized carbons (Fsp3) is 0.538. The number of nitrogens with one attached hydrogen (secondary N) is 1. The normalized spacial score (nSPS) is 16.2. The fourth-order valence-corrected chi connectivity index (χ4v) is 1.66. The highest BCUT2D eigenvalue weighted by atomic mass is 16.5. The number of esters is 1. The lowest BCUT2D eigenvalue weighted by Crippen LogP contribution is -2.37. The van der Waals surface area contributed by atoms with E-state index in [0.29, 0.717) is 17.1 Å². The molecule has 1 amide bonds. The largest absolute Gasteiger partial charge is 0.466 e. The van der Waals surface area contributed by atoms with Gasteiger partial charge in [-0.3, -0.25) is 4.79 Å². The molecule has 1 fully saturated rings. The monoisotopic (exact) mass is 251 g/mol. The minimum atomic E-state index is -0.785. The van der Waals surface area contributed by atoms with Crippen LogP contribution in [-0.2, 0) is 9.53 Å². The maximum absolute atomic E-state index is 11.8. The zero-order valence-electron chi connectivity index (χ0n) is 10.8. The molecule has 0 radical (unpaired) electrons. The summed E-state index contributed by atoms with van der Waals surface area (Å²) in [6.45, 7) is 5.02. The van der Waals surface area contributed by atoms with Gasteiger partial charge in [0.25, 0.3) is 5.91 Å². The van der Waals surface area contributed by atoms with Crippen LogP contribution in [0.1, 0.15) is 41.6 Å². The Morgan fingerprint density at radius 1 is 1.44 bits per heavy atom. The average molecular weight is 251 g/mol. The number of amides is 1. The van der Waals surface area contributed by atoms with Crippen LogP contribution in [0.4, 0.5) is 0 Å². The van der Waals surface area contributed by atoms with E-state index < -0.39 is 12.1 Å².